The monoisotopic (exact) mass is 262 g/mol. The van der Waals surface area contributed by atoms with E-state index in [1.807, 2.05) is 13.0 Å². The van der Waals surface area contributed by atoms with E-state index in [2.05, 4.69) is 10.3 Å². The zero-order valence-electron chi connectivity index (χ0n) is 9.64. The van der Waals surface area contributed by atoms with E-state index >= 15 is 0 Å². The number of rotatable bonds is 2. The fraction of sp³-hybridized carbons (Fsp3) is 0.0769. The highest BCUT2D eigenvalue weighted by Crippen LogP contribution is 2.22. The Bertz CT molecular complexity index is 599. The Hall–Kier alpha value is -2.07. The molecule has 0 atom stereocenters. The third-order valence-electron chi connectivity index (χ3n) is 2.49. The number of hydrogen-bond acceptors (Lipinski definition) is 3. The van der Waals surface area contributed by atoms with Crippen LogP contribution in [0.1, 0.15) is 15.9 Å². The molecule has 1 heterocycles. The summed E-state index contributed by atoms with van der Waals surface area (Å²) in [6, 6.07) is 6.67. The van der Waals surface area contributed by atoms with E-state index in [4.69, 9.17) is 11.6 Å². The lowest BCUT2D eigenvalue weighted by atomic mass is 10.2. The summed E-state index contributed by atoms with van der Waals surface area (Å²) in [5.74, 6) is -0.560. The molecule has 0 bridgehead atoms. The molecule has 5 heteroatoms. The molecule has 2 rings (SSSR count). The molecule has 4 nitrogen and oxygen atoms in total. The number of halogens is 1. The van der Waals surface area contributed by atoms with Crippen molar-refractivity contribution >= 4 is 23.2 Å². The van der Waals surface area contributed by atoms with Gasteiger partial charge in [0.2, 0.25) is 0 Å². The maximum absolute atomic E-state index is 12.0. The number of aromatic hydroxyl groups is 1. The first-order chi connectivity index (χ1) is 8.58. The standard InChI is InChI=1S/C13H11ClN2O2/c1-8-2-3-9(14)6-11(8)16-13(18)10-4-5-15-7-12(10)17/h2-7,17H,1H3,(H,16,18). The molecule has 0 unspecified atom stereocenters. The number of aryl methyl sites for hydroxylation is 1. The van der Waals surface area contributed by atoms with E-state index in [0.717, 1.165) is 5.56 Å². The number of carbonyl (C=O) groups excluding carboxylic acids is 1. The van der Waals surface area contributed by atoms with Crippen LogP contribution in [0.15, 0.2) is 36.7 Å². The summed E-state index contributed by atoms with van der Waals surface area (Å²) in [7, 11) is 0. The van der Waals surface area contributed by atoms with Gasteiger partial charge in [0, 0.05) is 16.9 Å². The summed E-state index contributed by atoms with van der Waals surface area (Å²) in [5.41, 5.74) is 1.68. The van der Waals surface area contributed by atoms with E-state index < -0.39 is 5.91 Å². The Kier molecular flexibility index (Phi) is 3.48. The molecule has 0 fully saturated rings. The maximum atomic E-state index is 12.0. The average Bonchev–Trinajstić information content (AvgIpc) is 2.34. The highest BCUT2D eigenvalue weighted by atomic mass is 35.5. The molecular formula is C13H11ClN2O2. The first kappa shape index (κ1) is 12.4. The van der Waals surface area contributed by atoms with Crippen molar-refractivity contribution in [1.29, 1.82) is 0 Å². The maximum Gasteiger partial charge on any atom is 0.259 e. The predicted octanol–water partition coefficient (Wildman–Crippen LogP) is 3.00. The van der Waals surface area contributed by atoms with Crippen LogP contribution >= 0.6 is 11.6 Å². The van der Waals surface area contributed by atoms with Crippen molar-refractivity contribution in [1.82, 2.24) is 4.98 Å². The van der Waals surface area contributed by atoms with Gasteiger partial charge in [0.15, 0.2) is 0 Å². The Labute approximate surface area is 109 Å². The van der Waals surface area contributed by atoms with Crippen LogP contribution in [0.4, 0.5) is 5.69 Å². The summed E-state index contributed by atoms with van der Waals surface area (Å²) >= 11 is 5.87. The second-order valence-corrected chi connectivity index (χ2v) is 4.24. The molecule has 1 aromatic heterocycles. The van der Waals surface area contributed by atoms with E-state index in [0.29, 0.717) is 10.7 Å². The molecule has 0 saturated carbocycles. The number of amides is 1. The molecule has 1 aromatic carbocycles. The fourth-order valence-electron chi connectivity index (χ4n) is 1.50. The van der Waals surface area contributed by atoms with Crippen molar-refractivity contribution in [2.45, 2.75) is 6.92 Å². The molecule has 2 N–H and O–H groups in total. The third kappa shape index (κ3) is 2.60. The number of hydrogen-bond donors (Lipinski definition) is 2. The number of nitrogens with zero attached hydrogens (tertiary/aromatic N) is 1. The molecule has 92 valence electrons. The van der Waals surface area contributed by atoms with Crippen LogP contribution in [0.25, 0.3) is 0 Å². The van der Waals surface area contributed by atoms with Crippen LogP contribution in [0.2, 0.25) is 5.02 Å². The van der Waals surface area contributed by atoms with Crippen molar-refractivity contribution < 1.29 is 9.90 Å². The summed E-state index contributed by atoms with van der Waals surface area (Å²) in [5, 5.41) is 12.8. The number of aromatic nitrogens is 1. The summed E-state index contributed by atoms with van der Waals surface area (Å²) in [6.45, 7) is 1.86. The van der Waals surface area contributed by atoms with Gasteiger partial charge in [0.05, 0.1) is 11.8 Å². The zero-order chi connectivity index (χ0) is 13.1. The van der Waals surface area contributed by atoms with Crippen LogP contribution in [0.5, 0.6) is 5.75 Å². The second-order valence-electron chi connectivity index (χ2n) is 3.81. The van der Waals surface area contributed by atoms with Crippen molar-refractivity contribution in [3.8, 4) is 5.75 Å². The number of nitrogens with one attached hydrogen (secondary N) is 1. The predicted molar refractivity (Wildman–Crippen MR) is 70.0 cm³/mol. The van der Waals surface area contributed by atoms with Crippen LogP contribution in [-0.2, 0) is 0 Å². The van der Waals surface area contributed by atoms with Gasteiger partial charge in [0.1, 0.15) is 5.75 Å². The van der Waals surface area contributed by atoms with Gasteiger partial charge >= 0.3 is 0 Å². The lowest BCUT2D eigenvalue weighted by molar-refractivity contribution is 0.102. The largest absolute Gasteiger partial charge is 0.505 e. The molecule has 2 aromatic rings. The van der Waals surface area contributed by atoms with Gasteiger partial charge in [-0.25, -0.2) is 0 Å². The Morgan fingerprint density at radius 1 is 1.39 bits per heavy atom. The Morgan fingerprint density at radius 2 is 2.17 bits per heavy atom. The molecular weight excluding hydrogens is 252 g/mol. The van der Waals surface area contributed by atoms with E-state index in [1.54, 1.807) is 12.1 Å². The topological polar surface area (TPSA) is 62.2 Å². The summed E-state index contributed by atoms with van der Waals surface area (Å²) < 4.78 is 0. The van der Waals surface area contributed by atoms with Crippen molar-refractivity contribution in [2.75, 3.05) is 5.32 Å². The van der Waals surface area contributed by atoms with Crippen LogP contribution in [0.3, 0.4) is 0 Å². The minimum Gasteiger partial charge on any atom is -0.505 e. The van der Waals surface area contributed by atoms with E-state index in [9.17, 15) is 9.90 Å². The number of carbonyl (C=O) groups is 1. The van der Waals surface area contributed by atoms with Gasteiger partial charge in [-0.05, 0) is 30.7 Å². The molecule has 0 aliphatic rings. The van der Waals surface area contributed by atoms with Crippen molar-refractivity contribution in [3.63, 3.8) is 0 Å². The first-order valence-electron chi connectivity index (χ1n) is 5.28. The highest BCUT2D eigenvalue weighted by molar-refractivity contribution is 6.31. The minimum atomic E-state index is -0.403. The molecule has 1 amide bonds. The van der Waals surface area contributed by atoms with Crippen molar-refractivity contribution in [3.05, 3.63) is 52.8 Å². The quantitative estimate of drug-likeness (QED) is 0.875. The highest BCUT2D eigenvalue weighted by Gasteiger charge is 2.12. The second kappa shape index (κ2) is 5.06. The van der Waals surface area contributed by atoms with Gasteiger partial charge in [-0.2, -0.15) is 0 Å². The SMILES string of the molecule is Cc1ccc(Cl)cc1NC(=O)c1ccncc1O. The molecule has 0 aliphatic carbocycles. The van der Waals surface area contributed by atoms with Crippen LogP contribution in [-0.4, -0.2) is 16.0 Å². The number of anilines is 1. The molecule has 0 spiro atoms. The molecule has 18 heavy (non-hydrogen) atoms. The van der Waals surface area contributed by atoms with Crippen LogP contribution < -0.4 is 5.32 Å². The lowest BCUT2D eigenvalue weighted by Crippen LogP contribution is -2.13. The van der Waals surface area contributed by atoms with Gasteiger partial charge in [-0.1, -0.05) is 17.7 Å². The average molecular weight is 263 g/mol. The normalized spacial score (nSPS) is 10.1. The van der Waals surface area contributed by atoms with E-state index in [-0.39, 0.29) is 11.3 Å². The third-order valence-corrected chi connectivity index (χ3v) is 2.73. The van der Waals surface area contributed by atoms with Gasteiger partial charge in [0.25, 0.3) is 5.91 Å². The van der Waals surface area contributed by atoms with Gasteiger partial charge in [-0.3, -0.25) is 9.78 Å². The number of pyridine rings is 1. The molecule has 0 radical (unpaired) electrons. The van der Waals surface area contributed by atoms with Gasteiger partial charge < -0.3 is 10.4 Å². The summed E-state index contributed by atoms with van der Waals surface area (Å²) in [6.07, 6.45) is 2.67. The minimum absolute atomic E-state index is 0.158. The number of benzene rings is 1. The fourth-order valence-corrected chi connectivity index (χ4v) is 1.67. The first-order valence-corrected chi connectivity index (χ1v) is 5.66. The van der Waals surface area contributed by atoms with Crippen molar-refractivity contribution in [2.24, 2.45) is 0 Å². The van der Waals surface area contributed by atoms with E-state index in [1.165, 1.54) is 18.5 Å². The molecule has 0 saturated heterocycles. The van der Waals surface area contributed by atoms with Crippen LogP contribution in [0, 0.1) is 6.92 Å². The Morgan fingerprint density at radius 3 is 2.89 bits per heavy atom. The Balaban J connectivity index is 2.27. The smallest absolute Gasteiger partial charge is 0.259 e. The zero-order valence-corrected chi connectivity index (χ0v) is 10.4. The molecule has 0 aliphatic heterocycles. The summed E-state index contributed by atoms with van der Waals surface area (Å²) in [4.78, 5) is 15.7. The van der Waals surface area contributed by atoms with Gasteiger partial charge in [-0.15, -0.1) is 0 Å². The lowest BCUT2D eigenvalue weighted by Gasteiger charge is -2.09.